The Hall–Kier alpha value is -1.16. The summed E-state index contributed by atoms with van der Waals surface area (Å²) >= 11 is 0. The number of benzene rings is 1. The summed E-state index contributed by atoms with van der Waals surface area (Å²) in [6.07, 6.45) is 4.47. The highest BCUT2D eigenvalue weighted by Gasteiger charge is 2.17. The zero-order valence-corrected chi connectivity index (χ0v) is 11.7. The lowest BCUT2D eigenvalue weighted by molar-refractivity contribution is 0.0794. The minimum Gasteiger partial charge on any atom is -0.380 e. The van der Waals surface area contributed by atoms with Gasteiger partial charge in [0.25, 0.3) is 0 Å². The first-order chi connectivity index (χ1) is 9.40. The van der Waals surface area contributed by atoms with Gasteiger partial charge in [0.15, 0.2) is 0 Å². The largest absolute Gasteiger partial charge is 0.380 e. The zero-order chi connectivity index (χ0) is 13.3. The number of nitrogens with one attached hydrogen (secondary N) is 1. The van der Waals surface area contributed by atoms with Crippen molar-refractivity contribution in [2.45, 2.75) is 13.0 Å². The van der Waals surface area contributed by atoms with Gasteiger partial charge < -0.3 is 10.1 Å². The van der Waals surface area contributed by atoms with Gasteiger partial charge in [-0.25, -0.2) is 0 Å². The average Bonchev–Trinajstić information content (AvgIpc) is 2.49. The standard InChI is InChI=1S/C16H24N2O/c1-2-19-14-16(18-12-10-17-11-13-18)9-8-15-6-4-3-5-7-15/h3-9,16-17H,2,10-14H2,1H3/b9-8+. The quantitative estimate of drug-likeness (QED) is 0.847. The van der Waals surface area contributed by atoms with Crippen LogP contribution in [0.15, 0.2) is 36.4 Å². The lowest BCUT2D eigenvalue weighted by Crippen LogP contribution is -2.49. The van der Waals surface area contributed by atoms with Crippen LogP contribution in [0.4, 0.5) is 0 Å². The minimum atomic E-state index is 0.377. The Morgan fingerprint density at radius 3 is 2.68 bits per heavy atom. The van der Waals surface area contributed by atoms with E-state index in [4.69, 9.17) is 4.74 Å². The second kappa shape index (κ2) is 8.10. The van der Waals surface area contributed by atoms with Crippen LogP contribution in [0.2, 0.25) is 0 Å². The van der Waals surface area contributed by atoms with E-state index >= 15 is 0 Å². The highest BCUT2D eigenvalue weighted by molar-refractivity contribution is 5.49. The Bertz CT molecular complexity index is 372. The molecule has 0 amide bonds. The molecule has 1 fully saturated rings. The number of hydrogen-bond donors (Lipinski definition) is 1. The second-order valence-corrected chi connectivity index (χ2v) is 4.78. The molecule has 1 aromatic rings. The number of piperazine rings is 1. The molecule has 1 heterocycles. The van der Waals surface area contributed by atoms with E-state index in [2.05, 4.69) is 53.6 Å². The third-order valence-corrected chi connectivity index (χ3v) is 3.42. The van der Waals surface area contributed by atoms with E-state index in [0.717, 1.165) is 39.4 Å². The number of nitrogens with zero attached hydrogens (tertiary/aromatic N) is 1. The Kier molecular flexibility index (Phi) is 6.08. The molecule has 1 aliphatic rings. The smallest absolute Gasteiger partial charge is 0.0657 e. The van der Waals surface area contributed by atoms with Crippen LogP contribution in [-0.4, -0.2) is 50.3 Å². The maximum Gasteiger partial charge on any atom is 0.0657 e. The summed E-state index contributed by atoms with van der Waals surface area (Å²) in [7, 11) is 0. The first-order valence-corrected chi connectivity index (χ1v) is 7.16. The first kappa shape index (κ1) is 14.3. The van der Waals surface area contributed by atoms with Crippen molar-refractivity contribution in [2.75, 3.05) is 39.4 Å². The lowest BCUT2D eigenvalue weighted by atomic mass is 10.1. The predicted octanol–water partition coefficient (Wildman–Crippen LogP) is 2.01. The second-order valence-electron chi connectivity index (χ2n) is 4.78. The van der Waals surface area contributed by atoms with Crippen LogP contribution in [0.25, 0.3) is 6.08 Å². The normalized spacial score (nSPS) is 18.8. The maximum atomic E-state index is 5.62. The molecule has 1 aromatic carbocycles. The van der Waals surface area contributed by atoms with E-state index in [1.807, 2.05) is 6.07 Å². The highest BCUT2D eigenvalue weighted by atomic mass is 16.5. The van der Waals surface area contributed by atoms with Gasteiger partial charge >= 0.3 is 0 Å². The molecule has 104 valence electrons. The third-order valence-electron chi connectivity index (χ3n) is 3.42. The van der Waals surface area contributed by atoms with Crippen molar-refractivity contribution in [1.29, 1.82) is 0 Å². The van der Waals surface area contributed by atoms with E-state index < -0.39 is 0 Å². The molecule has 0 bridgehead atoms. The molecule has 2 rings (SSSR count). The molecule has 1 unspecified atom stereocenters. The Labute approximate surface area is 116 Å². The van der Waals surface area contributed by atoms with Gasteiger partial charge in [0.2, 0.25) is 0 Å². The first-order valence-electron chi connectivity index (χ1n) is 7.16. The molecule has 1 saturated heterocycles. The van der Waals surface area contributed by atoms with Gasteiger partial charge in [0, 0.05) is 32.8 Å². The van der Waals surface area contributed by atoms with Gasteiger partial charge in [-0.05, 0) is 12.5 Å². The number of ether oxygens (including phenoxy) is 1. The van der Waals surface area contributed by atoms with Crippen molar-refractivity contribution < 1.29 is 4.74 Å². The van der Waals surface area contributed by atoms with Gasteiger partial charge in [-0.3, -0.25) is 4.90 Å². The fourth-order valence-electron chi connectivity index (χ4n) is 2.32. The fourth-order valence-corrected chi connectivity index (χ4v) is 2.32. The van der Waals surface area contributed by atoms with Gasteiger partial charge in [-0.1, -0.05) is 42.5 Å². The van der Waals surface area contributed by atoms with Crippen LogP contribution >= 0.6 is 0 Å². The van der Waals surface area contributed by atoms with Crippen molar-refractivity contribution in [3.05, 3.63) is 42.0 Å². The summed E-state index contributed by atoms with van der Waals surface area (Å²) in [6, 6.07) is 10.8. The molecular weight excluding hydrogens is 236 g/mol. The molecule has 3 heteroatoms. The average molecular weight is 260 g/mol. The molecule has 0 saturated carbocycles. The molecule has 0 radical (unpaired) electrons. The molecule has 0 aliphatic carbocycles. The van der Waals surface area contributed by atoms with Crippen LogP contribution in [0.5, 0.6) is 0 Å². The topological polar surface area (TPSA) is 24.5 Å². The van der Waals surface area contributed by atoms with Gasteiger partial charge in [-0.15, -0.1) is 0 Å². The van der Waals surface area contributed by atoms with Gasteiger partial charge in [-0.2, -0.15) is 0 Å². The van der Waals surface area contributed by atoms with E-state index in [9.17, 15) is 0 Å². The lowest BCUT2D eigenvalue weighted by Gasteiger charge is -2.33. The van der Waals surface area contributed by atoms with Gasteiger partial charge in [0.05, 0.1) is 12.6 Å². The Morgan fingerprint density at radius 2 is 2.00 bits per heavy atom. The van der Waals surface area contributed by atoms with Gasteiger partial charge in [0.1, 0.15) is 0 Å². The predicted molar refractivity (Wildman–Crippen MR) is 80.2 cm³/mol. The van der Waals surface area contributed by atoms with Crippen LogP contribution in [0, 0.1) is 0 Å². The summed E-state index contributed by atoms with van der Waals surface area (Å²) in [4.78, 5) is 2.49. The van der Waals surface area contributed by atoms with Crippen LogP contribution in [0.1, 0.15) is 12.5 Å². The number of rotatable bonds is 6. The van der Waals surface area contributed by atoms with E-state index in [1.165, 1.54) is 5.56 Å². The maximum absolute atomic E-state index is 5.62. The molecule has 19 heavy (non-hydrogen) atoms. The zero-order valence-electron chi connectivity index (χ0n) is 11.7. The molecule has 0 spiro atoms. The van der Waals surface area contributed by atoms with Crippen molar-refractivity contribution in [3.8, 4) is 0 Å². The van der Waals surface area contributed by atoms with Crippen LogP contribution in [0.3, 0.4) is 0 Å². The van der Waals surface area contributed by atoms with Crippen LogP contribution in [-0.2, 0) is 4.74 Å². The van der Waals surface area contributed by atoms with Crippen molar-refractivity contribution in [3.63, 3.8) is 0 Å². The Morgan fingerprint density at radius 1 is 1.26 bits per heavy atom. The molecule has 1 N–H and O–H groups in total. The number of hydrogen-bond acceptors (Lipinski definition) is 3. The van der Waals surface area contributed by atoms with E-state index in [1.54, 1.807) is 0 Å². The van der Waals surface area contributed by atoms with Crippen LogP contribution < -0.4 is 5.32 Å². The molecular formula is C16H24N2O. The van der Waals surface area contributed by atoms with Crippen molar-refractivity contribution >= 4 is 6.08 Å². The molecule has 1 aliphatic heterocycles. The van der Waals surface area contributed by atoms with E-state index in [0.29, 0.717) is 6.04 Å². The summed E-state index contributed by atoms with van der Waals surface area (Å²) < 4.78 is 5.62. The molecule has 3 nitrogen and oxygen atoms in total. The van der Waals surface area contributed by atoms with Crippen molar-refractivity contribution in [2.24, 2.45) is 0 Å². The molecule has 0 aromatic heterocycles. The summed E-state index contributed by atoms with van der Waals surface area (Å²) in [6.45, 7) is 7.94. The summed E-state index contributed by atoms with van der Waals surface area (Å²) in [5.74, 6) is 0. The highest BCUT2D eigenvalue weighted by Crippen LogP contribution is 2.08. The van der Waals surface area contributed by atoms with E-state index in [-0.39, 0.29) is 0 Å². The summed E-state index contributed by atoms with van der Waals surface area (Å²) in [5, 5.41) is 3.39. The third kappa shape index (κ3) is 4.78. The SMILES string of the molecule is CCOCC(/C=C/c1ccccc1)N1CCNCC1. The molecule has 1 atom stereocenters. The van der Waals surface area contributed by atoms with Crippen molar-refractivity contribution in [1.82, 2.24) is 10.2 Å². The fraction of sp³-hybridized carbons (Fsp3) is 0.500. The minimum absolute atomic E-state index is 0.377. The monoisotopic (exact) mass is 260 g/mol. The Balaban J connectivity index is 1.98. The summed E-state index contributed by atoms with van der Waals surface area (Å²) in [5.41, 5.74) is 1.25.